The van der Waals surface area contributed by atoms with Crippen molar-refractivity contribution in [3.63, 3.8) is 0 Å². The van der Waals surface area contributed by atoms with Crippen LogP contribution in [0.4, 0.5) is 0 Å². The Morgan fingerprint density at radius 1 is 0.951 bits per heavy atom. The summed E-state index contributed by atoms with van der Waals surface area (Å²) in [6.45, 7) is 10.0. The number of H-pyrrole nitrogens is 1. The van der Waals surface area contributed by atoms with E-state index in [4.69, 9.17) is 4.98 Å². The Hall–Kier alpha value is -4.34. The summed E-state index contributed by atoms with van der Waals surface area (Å²) in [6, 6.07) is 16.3. The lowest BCUT2D eigenvalue weighted by molar-refractivity contribution is 0.394. The minimum atomic E-state index is -0.242. The second-order valence-corrected chi connectivity index (χ2v) is 12.3. The van der Waals surface area contributed by atoms with E-state index in [1.807, 2.05) is 35.8 Å². The van der Waals surface area contributed by atoms with Gasteiger partial charge < -0.3 is 4.57 Å². The van der Waals surface area contributed by atoms with Gasteiger partial charge in [0.05, 0.1) is 0 Å². The number of imidazole rings is 1. The fourth-order valence-electron chi connectivity index (χ4n) is 5.45. The van der Waals surface area contributed by atoms with Gasteiger partial charge in [-0.3, -0.25) is 13.9 Å². The maximum absolute atomic E-state index is 13.9. The molecule has 5 aromatic rings. The summed E-state index contributed by atoms with van der Waals surface area (Å²) in [4.78, 5) is 32.4. The van der Waals surface area contributed by atoms with Crippen LogP contribution in [-0.4, -0.2) is 39.3 Å². The molecule has 41 heavy (non-hydrogen) atoms. The van der Waals surface area contributed by atoms with Gasteiger partial charge in [0.15, 0.2) is 17.0 Å². The Kier molecular flexibility index (Phi) is 6.93. The topological polar surface area (TPSA) is 116 Å². The Balaban J connectivity index is 1.45. The summed E-state index contributed by atoms with van der Waals surface area (Å²) in [5.41, 5.74) is 4.51. The number of aromatic nitrogens is 8. The van der Waals surface area contributed by atoms with Crippen molar-refractivity contribution in [3.8, 4) is 22.5 Å². The predicted molar refractivity (Wildman–Crippen MR) is 159 cm³/mol. The fourth-order valence-corrected chi connectivity index (χ4v) is 5.45. The lowest BCUT2D eigenvalue weighted by Crippen LogP contribution is -2.41. The third-order valence-corrected chi connectivity index (χ3v) is 7.60. The molecule has 0 unspecified atom stereocenters. The molecule has 0 spiro atoms. The van der Waals surface area contributed by atoms with E-state index in [2.05, 4.69) is 65.7 Å². The van der Waals surface area contributed by atoms with Crippen LogP contribution in [0.25, 0.3) is 33.7 Å². The largest absolute Gasteiger partial charge is 0.332 e. The fraction of sp³-hybridized carbons (Fsp3) is 0.419. The summed E-state index contributed by atoms with van der Waals surface area (Å²) in [6.07, 6.45) is 3.59. The van der Waals surface area contributed by atoms with E-state index in [1.165, 1.54) is 4.57 Å². The van der Waals surface area contributed by atoms with E-state index >= 15 is 0 Å². The van der Waals surface area contributed by atoms with E-state index in [0.29, 0.717) is 49.0 Å². The van der Waals surface area contributed by atoms with Crippen molar-refractivity contribution in [3.05, 3.63) is 80.8 Å². The lowest BCUT2D eigenvalue weighted by Gasteiger charge is -2.19. The molecule has 1 aliphatic carbocycles. The number of tetrazole rings is 1. The van der Waals surface area contributed by atoms with Crippen LogP contribution in [0.2, 0.25) is 0 Å². The molecule has 1 N–H and O–H groups in total. The molecule has 0 amide bonds. The normalized spacial score (nSPS) is 13.8. The molecule has 0 bridgehead atoms. The van der Waals surface area contributed by atoms with Gasteiger partial charge in [0.1, 0.15) is 5.82 Å². The van der Waals surface area contributed by atoms with E-state index in [9.17, 15) is 9.59 Å². The molecule has 212 valence electrons. The van der Waals surface area contributed by atoms with Crippen LogP contribution in [0, 0.1) is 11.3 Å². The standard InChI is InChI=1S/C31H36N8O2/c1-5-16-37-28-26(29(40)39(30(37)41)19-20-10-11-20)38(25(32-28)17-31(2,3)4)18-21-12-14-22(15-13-21)23-8-6-7-9-24(23)27-33-35-36-34-27/h6-9,12-15,20H,5,10-11,16-19H2,1-4H3,(H,33,34,35,36). The van der Waals surface area contributed by atoms with Crippen LogP contribution in [0.15, 0.2) is 58.1 Å². The highest BCUT2D eigenvalue weighted by atomic mass is 16.2. The zero-order valence-electron chi connectivity index (χ0n) is 24.1. The summed E-state index contributed by atoms with van der Waals surface area (Å²) in [5, 5.41) is 14.4. The number of benzene rings is 2. The average Bonchev–Trinajstić information content (AvgIpc) is 3.47. The zero-order chi connectivity index (χ0) is 28.7. The molecule has 0 saturated heterocycles. The monoisotopic (exact) mass is 552 g/mol. The van der Waals surface area contributed by atoms with Crippen molar-refractivity contribution in [2.45, 2.75) is 73.0 Å². The number of rotatable bonds is 9. The molecule has 3 aromatic heterocycles. The first-order valence-electron chi connectivity index (χ1n) is 14.4. The second kappa shape index (κ2) is 10.6. The van der Waals surface area contributed by atoms with Crippen molar-refractivity contribution in [1.82, 2.24) is 39.3 Å². The molecule has 2 aromatic carbocycles. The van der Waals surface area contributed by atoms with Crippen molar-refractivity contribution in [2.75, 3.05) is 0 Å². The van der Waals surface area contributed by atoms with Crippen LogP contribution in [0.1, 0.15) is 58.3 Å². The van der Waals surface area contributed by atoms with Crippen molar-refractivity contribution in [1.29, 1.82) is 0 Å². The van der Waals surface area contributed by atoms with Gasteiger partial charge in [-0.25, -0.2) is 14.9 Å². The first kappa shape index (κ1) is 26.9. The van der Waals surface area contributed by atoms with Crippen LogP contribution < -0.4 is 11.2 Å². The molecule has 0 radical (unpaired) electrons. The maximum Gasteiger partial charge on any atom is 0.332 e. The van der Waals surface area contributed by atoms with Crippen LogP contribution >= 0.6 is 0 Å². The van der Waals surface area contributed by atoms with Gasteiger partial charge in [0, 0.05) is 31.6 Å². The first-order valence-corrected chi connectivity index (χ1v) is 14.4. The number of hydrogen-bond acceptors (Lipinski definition) is 6. The molecular weight excluding hydrogens is 516 g/mol. The van der Waals surface area contributed by atoms with Crippen LogP contribution in [0.3, 0.4) is 0 Å². The summed E-state index contributed by atoms with van der Waals surface area (Å²) < 4.78 is 5.20. The number of hydrogen-bond donors (Lipinski definition) is 1. The van der Waals surface area contributed by atoms with Crippen LogP contribution in [-0.2, 0) is 26.1 Å². The van der Waals surface area contributed by atoms with E-state index < -0.39 is 0 Å². The smallest absolute Gasteiger partial charge is 0.318 e. The number of aromatic amines is 1. The molecule has 0 atom stereocenters. The molecule has 1 fully saturated rings. The van der Waals surface area contributed by atoms with E-state index in [-0.39, 0.29) is 16.7 Å². The molecule has 3 heterocycles. The number of nitrogens with zero attached hydrogens (tertiary/aromatic N) is 7. The maximum atomic E-state index is 13.9. The molecule has 6 rings (SSSR count). The molecule has 10 heteroatoms. The molecule has 1 saturated carbocycles. The van der Waals surface area contributed by atoms with Gasteiger partial charge in [-0.2, -0.15) is 0 Å². The highest BCUT2D eigenvalue weighted by Crippen LogP contribution is 2.31. The van der Waals surface area contributed by atoms with Gasteiger partial charge in [-0.1, -0.05) is 76.2 Å². The summed E-state index contributed by atoms with van der Waals surface area (Å²) >= 11 is 0. The molecule has 10 nitrogen and oxygen atoms in total. The highest BCUT2D eigenvalue weighted by molar-refractivity contribution is 5.80. The van der Waals surface area contributed by atoms with Crippen molar-refractivity contribution >= 4 is 11.2 Å². The van der Waals surface area contributed by atoms with Crippen LogP contribution in [0.5, 0.6) is 0 Å². The Labute approximate surface area is 238 Å². The SMILES string of the molecule is CCCn1c(=O)n(CC2CC2)c(=O)c2c1nc(CC(C)(C)C)n2Cc1ccc(-c2ccccc2-c2nnn[nH]2)cc1. The van der Waals surface area contributed by atoms with Crippen molar-refractivity contribution < 1.29 is 0 Å². The second-order valence-electron chi connectivity index (χ2n) is 12.3. The Morgan fingerprint density at radius 2 is 1.68 bits per heavy atom. The lowest BCUT2D eigenvalue weighted by atomic mass is 9.92. The number of fused-ring (bicyclic) bond motifs is 1. The first-order chi connectivity index (χ1) is 19.7. The minimum absolute atomic E-state index is 0.0504. The van der Waals surface area contributed by atoms with Gasteiger partial charge in [-0.05, 0) is 57.7 Å². The molecular formula is C31H36N8O2. The third kappa shape index (κ3) is 5.38. The summed E-state index contributed by atoms with van der Waals surface area (Å²) in [7, 11) is 0. The van der Waals surface area contributed by atoms with Gasteiger partial charge in [0.2, 0.25) is 0 Å². The van der Waals surface area contributed by atoms with E-state index in [1.54, 1.807) is 4.57 Å². The molecule has 1 aliphatic rings. The highest BCUT2D eigenvalue weighted by Gasteiger charge is 2.28. The zero-order valence-corrected chi connectivity index (χ0v) is 24.1. The minimum Gasteiger partial charge on any atom is -0.318 e. The summed E-state index contributed by atoms with van der Waals surface area (Å²) in [5.74, 6) is 1.84. The Bertz CT molecular complexity index is 1800. The van der Waals surface area contributed by atoms with Gasteiger partial charge in [-0.15, -0.1) is 5.10 Å². The average molecular weight is 553 g/mol. The number of nitrogens with one attached hydrogen (secondary N) is 1. The quantitative estimate of drug-likeness (QED) is 0.284. The van der Waals surface area contributed by atoms with Gasteiger partial charge in [0.25, 0.3) is 5.56 Å². The number of aryl methyl sites for hydroxylation is 1. The van der Waals surface area contributed by atoms with Gasteiger partial charge >= 0.3 is 5.69 Å². The Morgan fingerprint density at radius 3 is 2.32 bits per heavy atom. The van der Waals surface area contributed by atoms with Crippen molar-refractivity contribution in [2.24, 2.45) is 11.3 Å². The van der Waals surface area contributed by atoms with E-state index in [0.717, 1.165) is 47.3 Å². The predicted octanol–water partition coefficient (Wildman–Crippen LogP) is 4.66. The molecule has 0 aliphatic heterocycles. The third-order valence-electron chi connectivity index (χ3n) is 7.60.